The van der Waals surface area contributed by atoms with Crippen molar-refractivity contribution in [3.8, 4) is 0 Å². The van der Waals surface area contributed by atoms with Crippen molar-refractivity contribution in [2.24, 2.45) is 0 Å². The van der Waals surface area contributed by atoms with E-state index in [2.05, 4.69) is 9.72 Å². The smallest absolute Gasteiger partial charge is 0.434 e. The first-order valence-electron chi connectivity index (χ1n) is 7.03. The quantitative estimate of drug-likeness (QED) is 0.455. The van der Waals surface area contributed by atoms with Crippen LogP contribution in [0.5, 0.6) is 0 Å². The van der Waals surface area contributed by atoms with Crippen LogP contribution in [0.15, 0.2) is 0 Å². The van der Waals surface area contributed by atoms with Gasteiger partial charge in [-0.25, -0.2) is 18.6 Å². The number of pyridine rings is 1. The van der Waals surface area contributed by atoms with E-state index in [4.69, 9.17) is 11.6 Å². The number of hydrogen-bond acceptors (Lipinski definition) is 4. The predicted molar refractivity (Wildman–Crippen MR) is 78.9 cm³/mol. The minimum absolute atomic E-state index is 0.237. The van der Waals surface area contributed by atoms with Crippen LogP contribution in [0.4, 0.5) is 27.6 Å². The van der Waals surface area contributed by atoms with Gasteiger partial charge in [-0.2, -0.15) is 13.2 Å². The van der Waals surface area contributed by atoms with Crippen molar-refractivity contribution < 1.29 is 36.3 Å². The number of nitrogens with zero attached hydrogens (tertiary/aromatic N) is 1. The molecule has 11 heteroatoms. The number of ether oxygens (including phenoxy) is 1. The number of anilines is 1. The van der Waals surface area contributed by atoms with E-state index in [0.29, 0.717) is 0 Å². The zero-order chi connectivity index (χ0) is 19.4. The highest BCUT2D eigenvalue weighted by molar-refractivity contribution is 6.29. The van der Waals surface area contributed by atoms with Gasteiger partial charge in [-0.05, 0) is 18.9 Å². The van der Waals surface area contributed by atoms with Crippen molar-refractivity contribution in [3.05, 3.63) is 22.5 Å². The Bertz CT molecular complexity index is 665. The Morgan fingerprint density at radius 3 is 2.28 bits per heavy atom. The molecule has 0 unspecified atom stereocenters. The van der Waals surface area contributed by atoms with Crippen LogP contribution >= 0.6 is 11.6 Å². The van der Waals surface area contributed by atoms with Crippen molar-refractivity contribution in [1.29, 1.82) is 0 Å². The van der Waals surface area contributed by atoms with E-state index in [0.717, 1.165) is 0 Å². The second-order valence-electron chi connectivity index (χ2n) is 4.63. The first kappa shape index (κ1) is 21.1. The first-order chi connectivity index (χ1) is 11.6. The second-order valence-corrected chi connectivity index (χ2v) is 4.90. The maximum Gasteiger partial charge on any atom is 0.434 e. The van der Waals surface area contributed by atoms with Gasteiger partial charge >= 0.3 is 12.1 Å². The van der Waals surface area contributed by atoms with Crippen molar-refractivity contribution >= 4 is 29.2 Å². The molecule has 0 radical (unpaired) electrons. The highest BCUT2D eigenvalue weighted by Gasteiger charge is 2.41. The number of carbonyl (C=O) groups excluding carboxylic acids is 2. The number of rotatable bonds is 6. The van der Waals surface area contributed by atoms with Crippen molar-refractivity contribution in [3.63, 3.8) is 0 Å². The SMILES string of the molecule is CCOC(=O)c1c(C(F)(F)F)nc(C(F)F)c(NC(=O)CCl)c1CC. The molecule has 1 N–H and O–H groups in total. The summed E-state index contributed by atoms with van der Waals surface area (Å²) in [5.41, 5.74) is -5.21. The van der Waals surface area contributed by atoms with E-state index in [1.54, 1.807) is 0 Å². The largest absolute Gasteiger partial charge is 0.462 e. The van der Waals surface area contributed by atoms with Crippen LogP contribution in [0.2, 0.25) is 0 Å². The van der Waals surface area contributed by atoms with E-state index in [-0.39, 0.29) is 13.0 Å². The van der Waals surface area contributed by atoms with Crippen LogP contribution in [0, 0.1) is 0 Å². The molecule has 0 fully saturated rings. The van der Waals surface area contributed by atoms with Gasteiger partial charge in [-0.15, -0.1) is 11.6 Å². The monoisotopic (exact) mass is 388 g/mol. The number of alkyl halides is 6. The molecular weight excluding hydrogens is 375 g/mol. The van der Waals surface area contributed by atoms with Crippen LogP contribution in [-0.2, 0) is 22.1 Å². The van der Waals surface area contributed by atoms with Gasteiger partial charge in [0.1, 0.15) is 11.6 Å². The normalized spacial score (nSPS) is 11.6. The van der Waals surface area contributed by atoms with Gasteiger partial charge in [0.25, 0.3) is 6.43 Å². The number of halogens is 6. The lowest BCUT2D eigenvalue weighted by Crippen LogP contribution is -2.24. The Morgan fingerprint density at radius 2 is 1.88 bits per heavy atom. The lowest BCUT2D eigenvalue weighted by atomic mass is 9.99. The average Bonchev–Trinajstić information content (AvgIpc) is 2.52. The van der Waals surface area contributed by atoms with E-state index in [9.17, 15) is 31.5 Å². The number of esters is 1. The van der Waals surface area contributed by atoms with Gasteiger partial charge in [0.05, 0.1) is 17.9 Å². The fourth-order valence-corrected chi connectivity index (χ4v) is 2.17. The van der Waals surface area contributed by atoms with Crippen molar-refractivity contribution in [2.75, 3.05) is 17.8 Å². The molecule has 0 atom stereocenters. The Hall–Kier alpha value is -1.97. The third kappa shape index (κ3) is 4.77. The summed E-state index contributed by atoms with van der Waals surface area (Å²) < 4.78 is 70.8. The standard InChI is InChI=1S/C14H14ClF5N2O3/c1-3-6-8(13(24)25-4-2)11(14(18,19)20)22-10(12(16)17)9(6)21-7(23)5-15/h12H,3-5H2,1-2H3,(H,21,23). The van der Waals surface area contributed by atoms with Crippen molar-refractivity contribution in [2.45, 2.75) is 32.9 Å². The Morgan fingerprint density at radius 1 is 1.28 bits per heavy atom. The minimum Gasteiger partial charge on any atom is -0.462 e. The van der Waals surface area contributed by atoms with Crippen molar-refractivity contribution in [1.82, 2.24) is 4.98 Å². The Balaban J connectivity index is 3.85. The number of hydrogen-bond donors (Lipinski definition) is 1. The molecule has 1 aromatic heterocycles. The van der Waals surface area contributed by atoms with Crippen LogP contribution in [-0.4, -0.2) is 29.3 Å². The fourth-order valence-electron chi connectivity index (χ4n) is 2.11. The molecule has 0 aliphatic heterocycles. The summed E-state index contributed by atoms with van der Waals surface area (Å²) in [6.07, 6.45) is -8.87. The molecule has 0 saturated heterocycles. The first-order valence-corrected chi connectivity index (χ1v) is 7.56. The van der Waals surface area contributed by atoms with E-state index in [1.165, 1.54) is 13.8 Å². The third-order valence-electron chi connectivity index (χ3n) is 3.02. The highest BCUT2D eigenvalue weighted by Crippen LogP contribution is 2.39. The summed E-state index contributed by atoms with van der Waals surface area (Å²) in [6.45, 7) is 2.47. The number of aromatic nitrogens is 1. The molecule has 25 heavy (non-hydrogen) atoms. The third-order valence-corrected chi connectivity index (χ3v) is 3.27. The van der Waals surface area contributed by atoms with Gasteiger partial charge in [0.2, 0.25) is 5.91 Å². The van der Waals surface area contributed by atoms with Crippen LogP contribution in [0.1, 0.15) is 47.6 Å². The van der Waals surface area contributed by atoms with Gasteiger partial charge in [0, 0.05) is 0 Å². The van der Waals surface area contributed by atoms with E-state index in [1.807, 2.05) is 5.32 Å². The highest BCUT2D eigenvalue weighted by atomic mass is 35.5. The molecule has 1 heterocycles. The summed E-state index contributed by atoms with van der Waals surface area (Å²) in [5, 5.41) is 1.99. The van der Waals surface area contributed by atoms with Gasteiger partial charge in [-0.1, -0.05) is 6.92 Å². The number of nitrogens with one attached hydrogen (secondary N) is 1. The number of carbonyl (C=O) groups is 2. The second kappa shape index (κ2) is 8.41. The summed E-state index contributed by atoms with van der Waals surface area (Å²) in [7, 11) is 0. The molecule has 0 spiro atoms. The van der Waals surface area contributed by atoms with Crippen LogP contribution in [0.3, 0.4) is 0 Å². The summed E-state index contributed by atoms with van der Waals surface area (Å²) in [5.74, 6) is -2.93. The summed E-state index contributed by atoms with van der Waals surface area (Å²) in [4.78, 5) is 26.4. The van der Waals surface area contributed by atoms with Gasteiger partial charge < -0.3 is 10.1 Å². The molecule has 0 bridgehead atoms. The maximum absolute atomic E-state index is 13.2. The number of amides is 1. The molecule has 1 rings (SSSR count). The van der Waals surface area contributed by atoms with Gasteiger partial charge in [0.15, 0.2) is 5.69 Å². The zero-order valence-electron chi connectivity index (χ0n) is 13.1. The molecule has 5 nitrogen and oxygen atoms in total. The average molecular weight is 389 g/mol. The summed E-state index contributed by atoms with van der Waals surface area (Å²) in [6, 6.07) is 0. The molecular formula is C14H14ClF5N2O3. The summed E-state index contributed by atoms with van der Waals surface area (Å²) >= 11 is 5.29. The lowest BCUT2D eigenvalue weighted by Gasteiger charge is -2.21. The molecule has 1 amide bonds. The van der Waals surface area contributed by atoms with Crippen LogP contribution < -0.4 is 5.32 Å². The molecule has 0 aliphatic carbocycles. The Kier molecular flexibility index (Phi) is 7.09. The fraction of sp³-hybridized carbons (Fsp3) is 0.500. The van der Waals surface area contributed by atoms with Gasteiger partial charge in [-0.3, -0.25) is 4.79 Å². The minimum atomic E-state index is -5.18. The molecule has 0 saturated carbocycles. The molecule has 0 aromatic carbocycles. The van der Waals surface area contributed by atoms with Crippen LogP contribution in [0.25, 0.3) is 0 Å². The molecule has 140 valence electrons. The zero-order valence-corrected chi connectivity index (χ0v) is 13.9. The maximum atomic E-state index is 13.2. The lowest BCUT2D eigenvalue weighted by molar-refractivity contribution is -0.142. The van der Waals surface area contributed by atoms with E-state index >= 15 is 0 Å². The Labute approximate surface area is 144 Å². The molecule has 1 aromatic rings. The van der Waals surface area contributed by atoms with E-state index < -0.39 is 58.6 Å². The molecule has 0 aliphatic rings. The topological polar surface area (TPSA) is 68.3 Å². The predicted octanol–water partition coefficient (Wildman–Crippen LogP) is 3.95.